The molecule has 9 nitrogen and oxygen atoms in total. The Balaban J connectivity index is 1.40. The van der Waals surface area contributed by atoms with Crippen LogP contribution in [0.3, 0.4) is 0 Å². The second-order valence-electron chi connectivity index (χ2n) is 6.80. The largest absolute Gasteiger partial charge is 0.484 e. The molecule has 4 rings (SSSR count). The molecule has 0 unspecified atom stereocenters. The average molecular weight is 429 g/mol. The van der Waals surface area contributed by atoms with Crippen LogP contribution in [0.5, 0.6) is 5.75 Å². The van der Waals surface area contributed by atoms with Gasteiger partial charge in [0.05, 0.1) is 17.5 Å². The molecule has 3 aromatic rings. The second kappa shape index (κ2) is 8.50. The van der Waals surface area contributed by atoms with Gasteiger partial charge < -0.3 is 14.1 Å². The third-order valence-corrected chi connectivity index (χ3v) is 4.81. The molecule has 1 aromatic heterocycles. The molecular formula is C20H17ClN4O5. The number of nitrogens with zero attached hydrogens (tertiary/aromatic N) is 4. The van der Waals surface area contributed by atoms with Crippen molar-refractivity contribution in [3.63, 3.8) is 0 Å². The summed E-state index contributed by atoms with van der Waals surface area (Å²) in [5.74, 6) is 0.666. The van der Waals surface area contributed by atoms with E-state index in [1.165, 1.54) is 18.2 Å². The highest BCUT2D eigenvalue weighted by Gasteiger charge is 2.34. The van der Waals surface area contributed by atoms with E-state index in [2.05, 4.69) is 10.2 Å². The van der Waals surface area contributed by atoms with Crippen LogP contribution in [-0.4, -0.2) is 38.6 Å². The van der Waals surface area contributed by atoms with E-state index in [1.54, 1.807) is 35.2 Å². The number of aromatic nitrogens is 2. The topological polar surface area (TPSA) is 112 Å². The SMILES string of the molecule is O=C(COc1cccc([N+](=O)[O-])c1)N(Cc1nnc(-c2ccc(Cl)cc2)o1)C1CC1. The van der Waals surface area contributed by atoms with Crippen molar-refractivity contribution in [1.82, 2.24) is 15.1 Å². The molecule has 154 valence electrons. The number of halogens is 1. The summed E-state index contributed by atoms with van der Waals surface area (Å²) in [5, 5.41) is 19.5. The predicted molar refractivity (Wildman–Crippen MR) is 107 cm³/mol. The van der Waals surface area contributed by atoms with E-state index >= 15 is 0 Å². The number of amides is 1. The van der Waals surface area contributed by atoms with E-state index < -0.39 is 4.92 Å². The van der Waals surface area contributed by atoms with Gasteiger partial charge in [-0.2, -0.15) is 0 Å². The molecule has 10 heteroatoms. The first kappa shape index (κ1) is 19.8. The lowest BCUT2D eigenvalue weighted by Crippen LogP contribution is -2.36. The summed E-state index contributed by atoms with van der Waals surface area (Å²) >= 11 is 5.89. The zero-order valence-corrected chi connectivity index (χ0v) is 16.5. The molecule has 1 heterocycles. The Morgan fingerprint density at radius 1 is 1.23 bits per heavy atom. The van der Waals surface area contributed by atoms with Crippen LogP contribution in [-0.2, 0) is 11.3 Å². The Morgan fingerprint density at radius 2 is 2.00 bits per heavy atom. The van der Waals surface area contributed by atoms with Gasteiger partial charge in [0, 0.05) is 22.7 Å². The van der Waals surface area contributed by atoms with E-state index in [1.807, 2.05) is 0 Å². The molecule has 0 atom stereocenters. The quantitative estimate of drug-likeness (QED) is 0.395. The van der Waals surface area contributed by atoms with Crippen molar-refractivity contribution >= 4 is 23.2 Å². The Kier molecular flexibility index (Phi) is 5.62. The molecule has 0 N–H and O–H groups in total. The van der Waals surface area contributed by atoms with Crippen LogP contribution in [0.2, 0.25) is 5.02 Å². The van der Waals surface area contributed by atoms with Crippen molar-refractivity contribution < 1.29 is 18.9 Å². The summed E-state index contributed by atoms with van der Waals surface area (Å²) in [6, 6.07) is 12.8. The number of benzene rings is 2. The molecule has 1 aliphatic rings. The molecule has 0 spiro atoms. The van der Waals surface area contributed by atoms with E-state index in [0.717, 1.165) is 18.4 Å². The van der Waals surface area contributed by atoms with Crippen LogP contribution in [0.25, 0.3) is 11.5 Å². The molecule has 0 radical (unpaired) electrons. The van der Waals surface area contributed by atoms with Gasteiger partial charge >= 0.3 is 0 Å². The standard InChI is InChI=1S/C20H17ClN4O5/c21-14-6-4-13(5-7-14)20-23-22-18(30-20)11-24(15-8-9-15)19(26)12-29-17-3-1-2-16(10-17)25(27)28/h1-7,10,15H,8-9,11-12H2. The first-order valence-corrected chi connectivity index (χ1v) is 9.62. The van der Waals surface area contributed by atoms with Crippen LogP contribution >= 0.6 is 11.6 Å². The van der Waals surface area contributed by atoms with Gasteiger partial charge in [0.15, 0.2) is 6.61 Å². The Hall–Kier alpha value is -3.46. The summed E-state index contributed by atoms with van der Waals surface area (Å²) in [7, 11) is 0. The van der Waals surface area contributed by atoms with Crippen molar-refractivity contribution in [3.05, 3.63) is 69.6 Å². The minimum absolute atomic E-state index is 0.0945. The number of non-ortho nitro benzene ring substituents is 1. The minimum Gasteiger partial charge on any atom is -0.484 e. The van der Waals surface area contributed by atoms with E-state index in [0.29, 0.717) is 16.8 Å². The third kappa shape index (κ3) is 4.74. The number of nitro groups is 1. The second-order valence-corrected chi connectivity index (χ2v) is 7.24. The Morgan fingerprint density at radius 3 is 2.70 bits per heavy atom. The predicted octanol–water partition coefficient (Wildman–Crippen LogP) is 3.87. The highest BCUT2D eigenvalue weighted by molar-refractivity contribution is 6.30. The summed E-state index contributed by atoms with van der Waals surface area (Å²) in [6.45, 7) is -0.0712. The van der Waals surface area contributed by atoms with Crippen LogP contribution < -0.4 is 4.74 Å². The maximum absolute atomic E-state index is 12.7. The van der Waals surface area contributed by atoms with Gasteiger partial charge in [-0.3, -0.25) is 14.9 Å². The van der Waals surface area contributed by atoms with Crippen LogP contribution in [0.15, 0.2) is 52.9 Å². The molecule has 30 heavy (non-hydrogen) atoms. The van der Waals surface area contributed by atoms with E-state index in [-0.39, 0.29) is 36.5 Å². The van der Waals surface area contributed by atoms with Gasteiger partial charge in [-0.1, -0.05) is 17.7 Å². The number of carbonyl (C=O) groups excluding carboxylic acids is 1. The molecule has 0 aliphatic heterocycles. The fraction of sp³-hybridized carbons (Fsp3) is 0.250. The lowest BCUT2D eigenvalue weighted by molar-refractivity contribution is -0.384. The number of ether oxygens (including phenoxy) is 1. The third-order valence-electron chi connectivity index (χ3n) is 4.56. The zero-order valence-electron chi connectivity index (χ0n) is 15.7. The van der Waals surface area contributed by atoms with Gasteiger partial charge in [0.25, 0.3) is 11.6 Å². The summed E-state index contributed by atoms with van der Waals surface area (Å²) < 4.78 is 11.2. The molecule has 1 amide bonds. The number of carbonyl (C=O) groups is 1. The van der Waals surface area contributed by atoms with Gasteiger partial charge in [-0.15, -0.1) is 10.2 Å². The molecular weight excluding hydrogens is 412 g/mol. The number of nitro benzene ring substituents is 1. The van der Waals surface area contributed by atoms with Crippen molar-refractivity contribution in [2.24, 2.45) is 0 Å². The van der Waals surface area contributed by atoms with Crippen LogP contribution in [0.1, 0.15) is 18.7 Å². The first-order chi connectivity index (χ1) is 14.5. The maximum atomic E-state index is 12.7. The summed E-state index contributed by atoms with van der Waals surface area (Å²) in [5.41, 5.74) is 0.635. The highest BCUT2D eigenvalue weighted by Crippen LogP contribution is 2.29. The number of rotatable bonds is 8. The number of hydrogen-bond donors (Lipinski definition) is 0. The fourth-order valence-electron chi connectivity index (χ4n) is 2.89. The normalized spacial score (nSPS) is 13.1. The smallest absolute Gasteiger partial charge is 0.273 e. The van der Waals surface area contributed by atoms with Crippen molar-refractivity contribution in [1.29, 1.82) is 0 Å². The molecule has 0 bridgehead atoms. The lowest BCUT2D eigenvalue weighted by atomic mass is 10.2. The Labute approximate surface area is 176 Å². The van der Waals surface area contributed by atoms with Crippen LogP contribution in [0, 0.1) is 10.1 Å². The van der Waals surface area contributed by atoms with Gasteiger partial charge in [-0.25, -0.2) is 0 Å². The van der Waals surface area contributed by atoms with Crippen molar-refractivity contribution in [2.75, 3.05) is 6.61 Å². The average Bonchev–Trinajstić information content (AvgIpc) is 3.48. The van der Waals surface area contributed by atoms with Gasteiger partial charge in [-0.05, 0) is 43.2 Å². The molecule has 2 aromatic carbocycles. The van der Waals surface area contributed by atoms with Gasteiger partial charge in [0.1, 0.15) is 5.75 Å². The maximum Gasteiger partial charge on any atom is 0.273 e. The molecule has 1 saturated carbocycles. The van der Waals surface area contributed by atoms with Crippen LogP contribution in [0.4, 0.5) is 5.69 Å². The van der Waals surface area contributed by atoms with Crippen molar-refractivity contribution in [3.8, 4) is 17.2 Å². The van der Waals surface area contributed by atoms with E-state index in [4.69, 9.17) is 20.8 Å². The summed E-state index contributed by atoms with van der Waals surface area (Å²) in [6.07, 6.45) is 1.78. The lowest BCUT2D eigenvalue weighted by Gasteiger charge is -2.20. The number of hydrogen-bond acceptors (Lipinski definition) is 7. The van der Waals surface area contributed by atoms with Gasteiger partial charge in [0.2, 0.25) is 11.8 Å². The zero-order chi connectivity index (χ0) is 21.1. The first-order valence-electron chi connectivity index (χ1n) is 9.24. The fourth-order valence-corrected chi connectivity index (χ4v) is 3.02. The minimum atomic E-state index is -0.515. The Bertz CT molecular complexity index is 1070. The molecule has 0 saturated heterocycles. The highest BCUT2D eigenvalue weighted by atomic mass is 35.5. The summed E-state index contributed by atoms with van der Waals surface area (Å²) in [4.78, 5) is 24.7. The molecule has 1 aliphatic carbocycles. The monoisotopic (exact) mass is 428 g/mol. The van der Waals surface area contributed by atoms with E-state index in [9.17, 15) is 14.9 Å². The molecule has 1 fully saturated rings. The van der Waals surface area contributed by atoms with Crippen molar-refractivity contribution in [2.45, 2.75) is 25.4 Å².